The van der Waals surface area contributed by atoms with Gasteiger partial charge < -0.3 is 20.5 Å². The van der Waals surface area contributed by atoms with Crippen molar-refractivity contribution in [2.24, 2.45) is 23.0 Å². The Morgan fingerprint density at radius 2 is 2.16 bits per heavy atom. The molecule has 0 saturated carbocycles. The second-order valence-electron chi connectivity index (χ2n) is 6.57. The number of hydrogen-bond donors (Lipinski definition) is 2. The van der Waals surface area contributed by atoms with Crippen LogP contribution in [0.2, 0.25) is 0 Å². The molecule has 0 bridgehead atoms. The Balaban J connectivity index is 2.96. The van der Waals surface area contributed by atoms with Crippen LogP contribution in [0.4, 0.5) is 4.79 Å². The summed E-state index contributed by atoms with van der Waals surface area (Å²) >= 11 is 0. The molecule has 1 rings (SSSR count). The van der Waals surface area contributed by atoms with Gasteiger partial charge in [0.25, 0.3) is 0 Å². The van der Waals surface area contributed by atoms with Crippen molar-refractivity contribution in [3.63, 3.8) is 0 Å². The summed E-state index contributed by atoms with van der Waals surface area (Å²) in [5.74, 6) is 0.586. The summed E-state index contributed by atoms with van der Waals surface area (Å²) in [5.41, 5.74) is 5.87. The smallest absolute Gasteiger partial charge is 0.407 e. The van der Waals surface area contributed by atoms with Crippen LogP contribution < -0.4 is 5.73 Å². The molecule has 0 aromatic carbocycles. The molecule has 0 aromatic rings. The van der Waals surface area contributed by atoms with Crippen LogP contribution in [0.5, 0.6) is 0 Å². The Hall–Kier alpha value is -0.810. The van der Waals surface area contributed by atoms with Crippen molar-refractivity contribution in [2.45, 2.75) is 39.7 Å². The molecule has 0 radical (unpaired) electrons. The number of rotatable bonds is 4. The minimum Gasteiger partial charge on any atom is -0.465 e. The molecule has 0 aliphatic carbocycles. The van der Waals surface area contributed by atoms with Gasteiger partial charge in [-0.3, -0.25) is 0 Å². The third kappa shape index (κ3) is 4.08. The number of carbonyl (C=O) groups is 1. The third-order valence-corrected chi connectivity index (χ3v) is 4.16. The standard InChI is InChI=1S/C14H28N2O3/c1-14(2,3)12(10-6-5-7-19-9-10)11(8-15)16(4)13(17)18/h10-12H,5-9,15H2,1-4H3,(H,17,18). The van der Waals surface area contributed by atoms with Crippen LogP contribution in [-0.2, 0) is 4.74 Å². The number of nitrogens with two attached hydrogens (primary N) is 1. The lowest BCUT2D eigenvalue weighted by Crippen LogP contribution is -2.53. The molecule has 3 unspecified atom stereocenters. The van der Waals surface area contributed by atoms with Gasteiger partial charge in [-0.05, 0) is 30.1 Å². The van der Waals surface area contributed by atoms with Crippen molar-refractivity contribution in [3.05, 3.63) is 0 Å². The van der Waals surface area contributed by atoms with E-state index < -0.39 is 6.09 Å². The van der Waals surface area contributed by atoms with Gasteiger partial charge in [0.1, 0.15) is 0 Å². The summed E-state index contributed by atoms with van der Waals surface area (Å²) in [4.78, 5) is 12.6. The van der Waals surface area contributed by atoms with Gasteiger partial charge >= 0.3 is 6.09 Å². The van der Waals surface area contributed by atoms with Crippen LogP contribution in [-0.4, -0.2) is 48.9 Å². The zero-order valence-electron chi connectivity index (χ0n) is 12.6. The predicted octanol–water partition coefficient (Wildman–Crippen LogP) is 2.01. The van der Waals surface area contributed by atoms with Crippen molar-refractivity contribution >= 4 is 6.09 Å². The van der Waals surface area contributed by atoms with Crippen LogP contribution in [0.25, 0.3) is 0 Å². The lowest BCUT2D eigenvalue weighted by atomic mass is 9.67. The minimum atomic E-state index is -0.915. The van der Waals surface area contributed by atoms with E-state index in [0.717, 1.165) is 19.4 Å². The van der Waals surface area contributed by atoms with E-state index in [1.54, 1.807) is 7.05 Å². The molecular formula is C14H28N2O3. The lowest BCUT2D eigenvalue weighted by molar-refractivity contribution is -0.0264. The first-order valence-corrected chi connectivity index (χ1v) is 7.02. The second-order valence-corrected chi connectivity index (χ2v) is 6.57. The number of hydrogen-bond acceptors (Lipinski definition) is 3. The minimum absolute atomic E-state index is 0.000880. The van der Waals surface area contributed by atoms with Gasteiger partial charge in [-0.25, -0.2) is 4.79 Å². The van der Waals surface area contributed by atoms with Crippen LogP contribution >= 0.6 is 0 Å². The van der Waals surface area contributed by atoms with E-state index in [1.165, 1.54) is 4.90 Å². The van der Waals surface area contributed by atoms with E-state index in [-0.39, 0.29) is 17.4 Å². The Labute approximate surface area is 116 Å². The molecule has 3 atom stereocenters. The summed E-state index contributed by atoms with van der Waals surface area (Å²) < 4.78 is 5.59. The fourth-order valence-corrected chi connectivity index (χ4v) is 3.33. The number of ether oxygens (including phenoxy) is 1. The van der Waals surface area contributed by atoms with Crippen molar-refractivity contribution in [3.8, 4) is 0 Å². The van der Waals surface area contributed by atoms with E-state index in [0.29, 0.717) is 19.1 Å². The molecule has 0 spiro atoms. The SMILES string of the molecule is CN(C(=O)O)C(CN)C(C1CCCOC1)C(C)(C)C. The zero-order chi connectivity index (χ0) is 14.6. The third-order valence-electron chi connectivity index (χ3n) is 4.16. The highest BCUT2D eigenvalue weighted by atomic mass is 16.5. The van der Waals surface area contributed by atoms with Gasteiger partial charge in [0.2, 0.25) is 0 Å². The molecule has 0 aromatic heterocycles. The van der Waals surface area contributed by atoms with Crippen LogP contribution in [0.1, 0.15) is 33.6 Å². The van der Waals surface area contributed by atoms with Crippen molar-refractivity contribution < 1.29 is 14.6 Å². The summed E-state index contributed by atoms with van der Waals surface area (Å²) in [6, 6.07) is -0.163. The fourth-order valence-electron chi connectivity index (χ4n) is 3.33. The molecule has 1 fully saturated rings. The first-order valence-electron chi connectivity index (χ1n) is 7.02. The van der Waals surface area contributed by atoms with Crippen molar-refractivity contribution in [1.29, 1.82) is 0 Å². The van der Waals surface area contributed by atoms with Crippen molar-refractivity contribution in [2.75, 3.05) is 26.8 Å². The van der Waals surface area contributed by atoms with E-state index in [9.17, 15) is 9.90 Å². The Kier molecular flexibility index (Phi) is 5.62. The largest absolute Gasteiger partial charge is 0.465 e. The van der Waals surface area contributed by atoms with E-state index in [1.807, 2.05) is 0 Å². The topological polar surface area (TPSA) is 75.8 Å². The molecule has 112 valence electrons. The highest BCUT2D eigenvalue weighted by Crippen LogP contribution is 2.39. The van der Waals surface area contributed by atoms with Gasteiger partial charge in [-0.2, -0.15) is 0 Å². The van der Waals surface area contributed by atoms with E-state index in [4.69, 9.17) is 10.5 Å². The molecule has 1 heterocycles. The Bertz CT molecular complexity index is 296. The molecular weight excluding hydrogens is 244 g/mol. The maximum absolute atomic E-state index is 11.3. The Morgan fingerprint density at radius 1 is 1.53 bits per heavy atom. The van der Waals surface area contributed by atoms with E-state index >= 15 is 0 Å². The average Bonchev–Trinajstić information content (AvgIpc) is 2.34. The average molecular weight is 272 g/mol. The monoisotopic (exact) mass is 272 g/mol. The number of nitrogens with zero attached hydrogens (tertiary/aromatic N) is 1. The number of carboxylic acid groups (broad SMARTS) is 1. The quantitative estimate of drug-likeness (QED) is 0.821. The summed E-state index contributed by atoms with van der Waals surface area (Å²) in [6.07, 6.45) is 1.22. The zero-order valence-corrected chi connectivity index (χ0v) is 12.6. The van der Waals surface area contributed by atoms with Crippen LogP contribution in [0, 0.1) is 17.3 Å². The summed E-state index contributed by atoms with van der Waals surface area (Å²) in [5, 5.41) is 9.24. The van der Waals surface area contributed by atoms with Gasteiger partial charge in [0.05, 0.1) is 6.04 Å². The highest BCUT2D eigenvalue weighted by molar-refractivity contribution is 5.65. The fraction of sp³-hybridized carbons (Fsp3) is 0.929. The second kappa shape index (κ2) is 6.57. The summed E-state index contributed by atoms with van der Waals surface area (Å²) in [7, 11) is 1.61. The van der Waals surface area contributed by atoms with Gasteiger partial charge in [0, 0.05) is 26.8 Å². The van der Waals surface area contributed by atoms with Crippen LogP contribution in [0.15, 0.2) is 0 Å². The number of likely N-dealkylation sites (N-methyl/N-ethyl adjacent to an activating group) is 1. The maximum atomic E-state index is 11.3. The van der Waals surface area contributed by atoms with Gasteiger partial charge in [-0.1, -0.05) is 20.8 Å². The maximum Gasteiger partial charge on any atom is 0.407 e. The van der Waals surface area contributed by atoms with Crippen LogP contribution in [0.3, 0.4) is 0 Å². The molecule has 1 aliphatic heterocycles. The van der Waals surface area contributed by atoms with E-state index in [2.05, 4.69) is 20.8 Å². The molecule has 5 heteroatoms. The van der Waals surface area contributed by atoms with Crippen molar-refractivity contribution in [1.82, 2.24) is 4.90 Å². The lowest BCUT2D eigenvalue weighted by Gasteiger charge is -2.45. The first-order chi connectivity index (χ1) is 8.79. The summed E-state index contributed by atoms with van der Waals surface area (Å²) in [6.45, 7) is 8.35. The normalized spacial score (nSPS) is 23.7. The number of amides is 1. The van der Waals surface area contributed by atoms with Gasteiger partial charge in [0.15, 0.2) is 0 Å². The molecule has 19 heavy (non-hydrogen) atoms. The predicted molar refractivity (Wildman–Crippen MR) is 75.1 cm³/mol. The molecule has 1 saturated heterocycles. The Morgan fingerprint density at radius 3 is 2.53 bits per heavy atom. The molecule has 3 N–H and O–H groups in total. The molecule has 1 amide bonds. The first kappa shape index (κ1) is 16.2. The highest BCUT2D eigenvalue weighted by Gasteiger charge is 2.41. The molecule has 1 aliphatic rings. The van der Waals surface area contributed by atoms with Gasteiger partial charge in [-0.15, -0.1) is 0 Å². The molecule has 5 nitrogen and oxygen atoms in total.